The predicted molar refractivity (Wildman–Crippen MR) is 129 cm³/mol. The summed E-state index contributed by atoms with van der Waals surface area (Å²) in [7, 11) is 0. The number of amides is 3. The number of hydrogen-bond acceptors (Lipinski definition) is 4. The third-order valence-electron chi connectivity index (χ3n) is 6.73. The molecule has 0 radical (unpaired) electrons. The fraction of sp³-hybridized carbons (Fsp3) is 0.370. The van der Waals surface area contributed by atoms with Gasteiger partial charge in [-0.3, -0.25) is 9.59 Å². The van der Waals surface area contributed by atoms with Crippen LogP contribution in [0.2, 0.25) is 0 Å². The van der Waals surface area contributed by atoms with Gasteiger partial charge in [-0.2, -0.15) is 0 Å². The first-order valence-electron chi connectivity index (χ1n) is 11.5. The highest BCUT2D eigenvalue weighted by Crippen LogP contribution is 2.46. The summed E-state index contributed by atoms with van der Waals surface area (Å²) in [5, 5.41) is 12.3. The summed E-state index contributed by atoms with van der Waals surface area (Å²) >= 11 is 0. The number of benzene rings is 2. The fourth-order valence-electron chi connectivity index (χ4n) is 4.58. The predicted octanol–water partition coefficient (Wildman–Crippen LogP) is 4.87. The molecule has 0 aliphatic carbocycles. The van der Waals surface area contributed by atoms with Crippen LogP contribution >= 0.6 is 0 Å². The Labute approximate surface area is 200 Å². The van der Waals surface area contributed by atoms with Crippen LogP contribution in [0.15, 0.2) is 67.3 Å². The van der Waals surface area contributed by atoms with Crippen molar-refractivity contribution in [3.8, 4) is 5.75 Å². The van der Waals surface area contributed by atoms with Crippen LogP contribution in [0.4, 0.5) is 4.79 Å². The zero-order chi connectivity index (χ0) is 24.9. The highest BCUT2D eigenvalue weighted by atomic mass is 16.5. The van der Waals surface area contributed by atoms with E-state index in [-0.39, 0.29) is 12.3 Å². The Morgan fingerprint density at radius 2 is 1.76 bits per heavy atom. The minimum atomic E-state index is -0.990. The number of carbonyl (C=O) groups is 3. The van der Waals surface area contributed by atoms with Crippen LogP contribution in [-0.2, 0) is 21.5 Å². The van der Waals surface area contributed by atoms with Crippen LogP contribution in [0, 0.1) is 5.41 Å². The number of nitrogens with zero attached hydrogens (tertiary/aromatic N) is 1. The number of urea groups is 1. The Morgan fingerprint density at radius 1 is 1.15 bits per heavy atom. The molecule has 1 aliphatic heterocycles. The highest BCUT2D eigenvalue weighted by Gasteiger charge is 2.63. The van der Waals surface area contributed by atoms with Crippen molar-refractivity contribution in [2.24, 2.45) is 5.41 Å². The number of imide groups is 1. The minimum absolute atomic E-state index is 0.223. The number of nitrogens with one attached hydrogen (secondary N) is 1. The van der Waals surface area contributed by atoms with Crippen LogP contribution in [0.3, 0.4) is 0 Å². The molecule has 1 fully saturated rings. The van der Waals surface area contributed by atoms with Gasteiger partial charge in [-0.1, -0.05) is 68.5 Å². The summed E-state index contributed by atoms with van der Waals surface area (Å²) in [6.45, 7) is 9.49. The number of carboxylic acid groups (broad SMARTS) is 1. The van der Waals surface area contributed by atoms with E-state index in [4.69, 9.17) is 4.74 Å². The van der Waals surface area contributed by atoms with Crippen molar-refractivity contribution in [3.05, 3.63) is 78.4 Å². The summed E-state index contributed by atoms with van der Waals surface area (Å²) in [6, 6.07) is 15.8. The lowest BCUT2D eigenvalue weighted by molar-refractivity contribution is -0.191. The lowest BCUT2D eigenvalue weighted by Crippen LogP contribution is -2.74. The van der Waals surface area contributed by atoms with Gasteiger partial charge in [-0.05, 0) is 37.8 Å². The number of aliphatic carboxylic acids is 1. The smallest absolute Gasteiger partial charge is 0.327 e. The maximum absolute atomic E-state index is 13.5. The number of β-lactam (4-membered cyclic amide) rings is 1. The van der Waals surface area contributed by atoms with E-state index in [2.05, 4.69) is 11.9 Å². The molecule has 3 amide bonds. The number of rotatable bonds is 10. The van der Waals surface area contributed by atoms with Crippen molar-refractivity contribution in [3.63, 3.8) is 0 Å². The van der Waals surface area contributed by atoms with Gasteiger partial charge in [0.2, 0.25) is 5.91 Å². The molecule has 1 saturated heterocycles. The Morgan fingerprint density at radius 3 is 2.35 bits per heavy atom. The number of hydrogen-bond donors (Lipinski definition) is 2. The summed E-state index contributed by atoms with van der Waals surface area (Å²) in [5.74, 6) is -0.941. The van der Waals surface area contributed by atoms with Crippen LogP contribution in [0.25, 0.3) is 0 Å². The van der Waals surface area contributed by atoms with Gasteiger partial charge in [0, 0.05) is 5.56 Å². The molecule has 0 saturated carbocycles. The van der Waals surface area contributed by atoms with E-state index < -0.39 is 29.2 Å². The average Bonchev–Trinajstić information content (AvgIpc) is 2.81. The molecular weight excluding hydrogens is 432 g/mol. The Bertz CT molecular complexity index is 1060. The van der Waals surface area contributed by atoms with Crippen molar-refractivity contribution < 1.29 is 24.2 Å². The van der Waals surface area contributed by atoms with Gasteiger partial charge in [0.15, 0.2) is 6.23 Å². The molecular formula is C27H32N2O5. The second-order valence-corrected chi connectivity index (χ2v) is 8.81. The van der Waals surface area contributed by atoms with Gasteiger partial charge in [-0.15, -0.1) is 6.58 Å². The van der Waals surface area contributed by atoms with Gasteiger partial charge in [0.1, 0.15) is 11.2 Å². The van der Waals surface area contributed by atoms with E-state index in [9.17, 15) is 19.5 Å². The fourth-order valence-corrected chi connectivity index (χ4v) is 4.58. The van der Waals surface area contributed by atoms with Gasteiger partial charge in [0.25, 0.3) is 0 Å². The van der Waals surface area contributed by atoms with Gasteiger partial charge in [0.05, 0.1) is 12.0 Å². The SMILES string of the molecule is C=CCC(C)(NC(=O)N1C(=O)C(CC)(CC)C1Oc1ccccc1CC(=O)O)c1ccccc1. The normalized spacial score (nSPS) is 18.4. The van der Waals surface area contributed by atoms with E-state index in [1.165, 1.54) is 0 Å². The molecule has 2 aromatic rings. The Balaban J connectivity index is 1.93. The number of para-hydroxylation sites is 1. The van der Waals surface area contributed by atoms with Crippen LogP contribution in [0.5, 0.6) is 5.75 Å². The summed E-state index contributed by atoms with van der Waals surface area (Å²) in [4.78, 5) is 39.2. The topological polar surface area (TPSA) is 95.9 Å². The molecule has 1 aliphatic rings. The standard InChI is InChI=1S/C27H32N2O5/c1-5-17-26(4,20-14-9-8-10-15-20)28-25(33)29-23(32)27(6-2,7-3)24(29)34-21-16-12-11-13-19(21)18-22(30)31/h5,8-16,24H,1,6-7,17-18H2,2-4H3,(H,28,33)(H,30,31). The number of likely N-dealkylation sites (tertiary alicyclic amines) is 1. The molecule has 180 valence electrons. The van der Waals surface area contributed by atoms with E-state index in [0.717, 1.165) is 10.5 Å². The maximum Gasteiger partial charge on any atom is 0.327 e. The third-order valence-corrected chi connectivity index (χ3v) is 6.73. The van der Waals surface area contributed by atoms with Crippen molar-refractivity contribution >= 4 is 17.9 Å². The summed E-state index contributed by atoms with van der Waals surface area (Å²) < 4.78 is 6.23. The maximum atomic E-state index is 13.5. The second kappa shape index (κ2) is 10.1. The summed E-state index contributed by atoms with van der Waals surface area (Å²) in [5.41, 5.74) is -0.271. The van der Waals surface area contributed by atoms with Crippen molar-refractivity contribution in [2.45, 2.75) is 58.2 Å². The zero-order valence-electron chi connectivity index (χ0n) is 19.9. The van der Waals surface area contributed by atoms with E-state index >= 15 is 0 Å². The Kier molecular flexibility index (Phi) is 7.44. The lowest BCUT2D eigenvalue weighted by atomic mass is 9.72. The van der Waals surface area contributed by atoms with Crippen molar-refractivity contribution in [1.82, 2.24) is 10.2 Å². The van der Waals surface area contributed by atoms with Gasteiger partial charge < -0.3 is 15.2 Å². The van der Waals surface area contributed by atoms with Gasteiger partial charge >= 0.3 is 12.0 Å². The first-order chi connectivity index (χ1) is 16.2. The molecule has 0 spiro atoms. The average molecular weight is 465 g/mol. The van der Waals surface area contributed by atoms with Crippen LogP contribution in [-0.4, -0.2) is 34.1 Å². The molecule has 2 unspecified atom stereocenters. The van der Waals surface area contributed by atoms with Crippen molar-refractivity contribution in [1.29, 1.82) is 0 Å². The molecule has 2 aromatic carbocycles. The number of carboxylic acids is 1. The minimum Gasteiger partial charge on any atom is -0.481 e. The van der Waals surface area contributed by atoms with Crippen molar-refractivity contribution in [2.75, 3.05) is 0 Å². The number of carbonyl (C=O) groups excluding carboxylic acids is 2. The number of ether oxygens (including phenoxy) is 1. The summed E-state index contributed by atoms with van der Waals surface area (Å²) in [6.07, 6.45) is 2.09. The first kappa shape index (κ1) is 25.0. The van der Waals surface area contributed by atoms with Gasteiger partial charge in [-0.25, -0.2) is 9.69 Å². The second-order valence-electron chi connectivity index (χ2n) is 8.81. The molecule has 34 heavy (non-hydrogen) atoms. The molecule has 1 heterocycles. The molecule has 2 N–H and O–H groups in total. The monoisotopic (exact) mass is 464 g/mol. The zero-order valence-corrected chi connectivity index (χ0v) is 19.9. The quantitative estimate of drug-likeness (QED) is 0.386. The highest BCUT2D eigenvalue weighted by molar-refractivity contribution is 6.03. The van der Waals surface area contributed by atoms with Crippen LogP contribution < -0.4 is 10.1 Å². The molecule has 2 atom stereocenters. The molecule has 0 bridgehead atoms. The molecule has 0 aromatic heterocycles. The van der Waals surface area contributed by atoms with E-state index in [1.807, 2.05) is 51.1 Å². The molecule has 7 nitrogen and oxygen atoms in total. The Hall–Kier alpha value is -3.61. The molecule has 7 heteroatoms. The lowest BCUT2D eigenvalue weighted by Gasteiger charge is -2.53. The largest absolute Gasteiger partial charge is 0.481 e. The molecule has 3 rings (SSSR count). The van der Waals surface area contributed by atoms with Crippen LogP contribution in [0.1, 0.15) is 51.2 Å². The third kappa shape index (κ3) is 4.55. The first-order valence-corrected chi connectivity index (χ1v) is 11.5. The van der Waals surface area contributed by atoms with E-state index in [1.54, 1.807) is 30.3 Å². The van der Waals surface area contributed by atoms with E-state index in [0.29, 0.717) is 30.6 Å².